The van der Waals surface area contributed by atoms with Crippen molar-refractivity contribution in [2.45, 2.75) is 72.3 Å². The monoisotopic (exact) mass is 351 g/mol. The van der Waals surface area contributed by atoms with Gasteiger partial charge in [-0.05, 0) is 45.6 Å². The molecular formula is C20H37N3O2. The Morgan fingerprint density at radius 2 is 1.72 bits per heavy atom. The number of rotatable bonds is 5. The molecule has 1 unspecified atom stereocenters. The van der Waals surface area contributed by atoms with Crippen LogP contribution in [0.3, 0.4) is 0 Å². The van der Waals surface area contributed by atoms with E-state index >= 15 is 0 Å². The fourth-order valence-electron chi connectivity index (χ4n) is 3.95. The Kier molecular flexibility index (Phi) is 7.29. The molecule has 0 aromatic carbocycles. The molecule has 2 saturated heterocycles. The summed E-state index contributed by atoms with van der Waals surface area (Å²) in [6.45, 7) is 12.6. The van der Waals surface area contributed by atoms with Crippen molar-refractivity contribution in [2.24, 2.45) is 11.3 Å². The van der Waals surface area contributed by atoms with Gasteiger partial charge in [-0.15, -0.1) is 0 Å². The fraction of sp³-hybridized carbons (Fsp3) is 0.900. The molecule has 2 aliphatic rings. The molecule has 0 saturated carbocycles. The molecule has 1 atom stereocenters. The Labute approximate surface area is 153 Å². The molecule has 0 bridgehead atoms. The van der Waals surface area contributed by atoms with Crippen LogP contribution in [-0.4, -0.2) is 60.4 Å². The molecule has 1 N–H and O–H groups in total. The van der Waals surface area contributed by atoms with E-state index in [1.54, 1.807) is 0 Å². The highest BCUT2D eigenvalue weighted by atomic mass is 16.2. The first-order valence-corrected chi connectivity index (χ1v) is 10.1. The third kappa shape index (κ3) is 5.98. The van der Waals surface area contributed by atoms with E-state index in [4.69, 9.17) is 0 Å². The molecule has 2 amide bonds. The van der Waals surface area contributed by atoms with Crippen LogP contribution in [0, 0.1) is 11.3 Å². The van der Waals surface area contributed by atoms with Crippen LogP contribution in [0.15, 0.2) is 0 Å². The maximum absolute atomic E-state index is 12.4. The first-order chi connectivity index (χ1) is 11.8. The standard InChI is InChI=1S/C20H37N3O2/c1-16-8-5-6-12-22(16)13-7-11-21-18(24)17-9-14-23(15-10-17)19(25)20(2,3)4/h16-17H,5-15H2,1-4H3,(H,21,24). The molecule has 0 aromatic rings. The topological polar surface area (TPSA) is 52.7 Å². The number of carbonyl (C=O) groups is 2. The van der Waals surface area contributed by atoms with Gasteiger partial charge in [0, 0.05) is 43.6 Å². The van der Waals surface area contributed by atoms with Gasteiger partial charge in [0.2, 0.25) is 11.8 Å². The summed E-state index contributed by atoms with van der Waals surface area (Å²) in [4.78, 5) is 29.1. The van der Waals surface area contributed by atoms with Crippen LogP contribution in [0.5, 0.6) is 0 Å². The number of piperidine rings is 2. The molecule has 5 heteroatoms. The van der Waals surface area contributed by atoms with Crippen LogP contribution in [-0.2, 0) is 9.59 Å². The van der Waals surface area contributed by atoms with E-state index in [1.807, 2.05) is 25.7 Å². The van der Waals surface area contributed by atoms with Crippen LogP contribution in [0.25, 0.3) is 0 Å². The van der Waals surface area contributed by atoms with Gasteiger partial charge >= 0.3 is 0 Å². The Balaban J connectivity index is 1.63. The average Bonchev–Trinajstić information content (AvgIpc) is 2.58. The largest absolute Gasteiger partial charge is 0.356 e. The van der Waals surface area contributed by atoms with E-state index in [0.29, 0.717) is 19.1 Å². The van der Waals surface area contributed by atoms with Crippen LogP contribution in [0.2, 0.25) is 0 Å². The molecule has 0 spiro atoms. The Morgan fingerprint density at radius 1 is 1.04 bits per heavy atom. The van der Waals surface area contributed by atoms with Crippen LogP contribution >= 0.6 is 0 Å². The molecule has 0 aromatic heterocycles. The van der Waals surface area contributed by atoms with Gasteiger partial charge in [-0.3, -0.25) is 9.59 Å². The first-order valence-electron chi connectivity index (χ1n) is 10.1. The Hall–Kier alpha value is -1.10. The third-order valence-electron chi connectivity index (χ3n) is 5.66. The summed E-state index contributed by atoms with van der Waals surface area (Å²) in [5.74, 6) is 0.439. The van der Waals surface area contributed by atoms with Crippen molar-refractivity contribution in [3.63, 3.8) is 0 Å². The molecule has 2 fully saturated rings. The second kappa shape index (κ2) is 9.02. The second-order valence-corrected chi connectivity index (χ2v) is 8.84. The van der Waals surface area contributed by atoms with Crippen molar-refractivity contribution in [1.82, 2.24) is 15.1 Å². The number of carbonyl (C=O) groups excluding carboxylic acids is 2. The molecule has 2 rings (SSSR count). The fourth-order valence-corrected chi connectivity index (χ4v) is 3.95. The number of nitrogens with one attached hydrogen (secondary N) is 1. The van der Waals surface area contributed by atoms with Gasteiger partial charge in [-0.2, -0.15) is 0 Å². The van der Waals surface area contributed by atoms with E-state index in [1.165, 1.54) is 25.8 Å². The Bertz CT molecular complexity index is 450. The quantitative estimate of drug-likeness (QED) is 0.775. The SMILES string of the molecule is CC1CCCCN1CCCNC(=O)C1CCN(C(=O)C(C)(C)C)CC1. The number of nitrogens with zero attached hydrogens (tertiary/aromatic N) is 2. The summed E-state index contributed by atoms with van der Waals surface area (Å²) in [5.41, 5.74) is -0.333. The highest BCUT2D eigenvalue weighted by molar-refractivity contribution is 5.82. The maximum atomic E-state index is 12.4. The van der Waals surface area contributed by atoms with E-state index in [9.17, 15) is 9.59 Å². The van der Waals surface area contributed by atoms with Gasteiger partial charge in [0.1, 0.15) is 0 Å². The minimum absolute atomic E-state index is 0.0675. The lowest BCUT2D eigenvalue weighted by molar-refractivity contribution is -0.142. The highest BCUT2D eigenvalue weighted by Crippen LogP contribution is 2.23. The Morgan fingerprint density at radius 3 is 2.32 bits per heavy atom. The molecule has 25 heavy (non-hydrogen) atoms. The van der Waals surface area contributed by atoms with Gasteiger partial charge < -0.3 is 15.1 Å². The van der Waals surface area contributed by atoms with Crippen molar-refractivity contribution in [1.29, 1.82) is 0 Å². The van der Waals surface area contributed by atoms with Gasteiger partial charge in [0.05, 0.1) is 0 Å². The lowest BCUT2D eigenvalue weighted by Gasteiger charge is -2.35. The number of amides is 2. The second-order valence-electron chi connectivity index (χ2n) is 8.84. The predicted molar refractivity (Wildman–Crippen MR) is 101 cm³/mol. The predicted octanol–water partition coefficient (Wildman–Crippen LogP) is 2.65. The van der Waals surface area contributed by atoms with Gasteiger partial charge in [-0.1, -0.05) is 27.2 Å². The summed E-state index contributed by atoms with van der Waals surface area (Å²) in [7, 11) is 0. The minimum atomic E-state index is -0.333. The molecular weight excluding hydrogens is 314 g/mol. The third-order valence-corrected chi connectivity index (χ3v) is 5.66. The molecule has 144 valence electrons. The van der Waals surface area contributed by atoms with E-state index < -0.39 is 0 Å². The zero-order valence-electron chi connectivity index (χ0n) is 16.6. The lowest BCUT2D eigenvalue weighted by Crippen LogP contribution is -2.47. The van der Waals surface area contributed by atoms with Crippen LogP contribution in [0.4, 0.5) is 0 Å². The lowest BCUT2D eigenvalue weighted by atomic mass is 9.90. The normalized spacial score (nSPS) is 23.5. The molecule has 0 radical (unpaired) electrons. The molecule has 5 nitrogen and oxygen atoms in total. The van der Waals surface area contributed by atoms with E-state index in [2.05, 4.69) is 17.1 Å². The van der Waals surface area contributed by atoms with Crippen molar-refractivity contribution in [2.75, 3.05) is 32.7 Å². The van der Waals surface area contributed by atoms with E-state index in [-0.39, 0.29) is 23.1 Å². The molecule has 0 aliphatic carbocycles. The van der Waals surface area contributed by atoms with Gasteiger partial charge in [0.15, 0.2) is 0 Å². The summed E-state index contributed by atoms with van der Waals surface area (Å²) < 4.78 is 0. The summed E-state index contributed by atoms with van der Waals surface area (Å²) in [6.07, 6.45) is 6.57. The van der Waals surface area contributed by atoms with Gasteiger partial charge in [0.25, 0.3) is 0 Å². The van der Waals surface area contributed by atoms with Crippen LogP contribution in [0.1, 0.15) is 66.2 Å². The smallest absolute Gasteiger partial charge is 0.227 e. The summed E-state index contributed by atoms with van der Waals surface area (Å²) in [6, 6.07) is 0.689. The minimum Gasteiger partial charge on any atom is -0.356 e. The van der Waals surface area contributed by atoms with Gasteiger partial charge in [-0.25, -0.2) is 0 Å². The average molecular weight is 352 g/mol. The van der Waals surface area contributed by atoms with Crippen molar-refractivity contribution < 1.29 is 9.59 Å². The highest BCUT2D eigenvalue weighted by Gasteiger charge is 2.32. The first kappa shape index (κ1) is 20.2. The number of likely N-dealkylation sites (tertiary alicyclic amines) is 2. The zero-order valence-corrected chi connectivity index (χ0v) is 16.6. The van der Waals surface area contributed by atoms with Crippen molar-refractivity contribution in [3.8, 4) is 0 Å². The van der Waals surface area contributed by atoms with E-state index in [0.717, 1.165) is 32.4 Å². The molecule has 2 heterocycles. The number of hydrogen-bond donors (Lipinski definition) is 1. The summed E-state index contributed by atoms with van der Waals surface area (Å²) >= 11 is 0. The number of hydrogen-bond acceptors (Lipinski definition) is 3. The van der Waals surface area contributed by atoms with Crippen LogP contribution < -0.4 is 5.32 Å². The maximum Gasteiger partial charge on any atom is 0.227 e. The van der Waals surface area contributed by atoms with Crippen molar-refractivity contribution in [3.05, 3.63) is 0 Å². The zero-order chi connectivity index (χ0) is 18.4. The summed E-state index contributed by atoms with van der Waals surface area (Å²) in [5, 5.41) is 3.11. The van der Waals surface area contributed by atoms with Crippen molar-refractivity contribution >= 4 is 11.8 Å². The molecule has 2 aliphatic heterocycles.